The van der Waals surface area contributed by atoms with Gasteiger partial charge in [-0.05, 0) is 12.8 Å². The maximum absolute atomic E-state index is 5.69. The second-order valence-electron chi connectivity index (χ2n) is 4.53. The average Bonchev–Trinajstić information content (AvgIpc) is 2.86. The fraction of sp³-hybridized carbons (Fsp3) is 0.667. The monoisotopic (exact) mass is 251 g/mol. The lowest BCUT2D eigenvalue weighted by Crippen LogP contribution is -2.16. The number of nitrogen functional groups attached to an aromatic ring is 1. The summed E-state index contributed by atoms with van der Waals surface area (Å²) < 4.78 is 5.34. The zero-order valence-corrected chi connectivity index (χ0v) is 10.8. The number of hydrogen-bond donors (Lipinski definition) is 3. The Hall–Kier alpha value is -1.56. The van der Waals surface area contributed by atoms with Crippen LogP contribution >= 0.6 is 0 Å². The standard InChI is InChI=1S/C12H21N5O/c1-2-4-14-10-6-11(17-12(13)16-10)15-7-9-3-5-18-8-9/h6,9H,2-5,7-8H2,1H3,(H4,13,14,15,16,17). The predicted octanol–water partition coefficient (Wildman–Crippen LogP) is 1.33. The zero-order valence-electron chi connectivity index (χ0n) is 10.8. The molecule has 1 aliphatic heterocycles. The second-order valence-corrected chi connectivity index (χ2v) is 4.53. The fourth-order valence-electron chi connectivity index (χ4n) is 1.89. The van der Waals surface area contributed by atoms with Gasteiger partial charge in [0.15, 0.2) is 0 Å². The molecule has 1 aromatic heterocycles. The van der Waals surface area contributed by atoms with Crippen LogP contribution in [0, 0.1) is 5.92 Å². The molecule has 100 valence electrons. The van der Waals surface area contributed by atoms with Gasteiger partial charge in [-0.2, -0.15) is 9.97 Å². The number of ether oxygens (including phenoxy) is 1. The maximum atomic E-state index is 5.69. The van der Waals surface area contributed by atoms with Crippen molar-refractivity contribution in [1.82, 2.24) is 9.97 Å². The van der Waals surface area contributed by atoms with Gasteiger partial charge in [-0.3, -0.25) is 0 Å². The molecule has 6 nitrogen and oxygen atoms in total. The predicted molar refractivity (Wildman–Crippen MR) is 72.6 cm³/mol. The Morgan fingerprint density at radius 3 is 2.83 bits per heavy atom. The number of anilines is 3. The minimum atomic E-state index is 0.293. The van der Waals surface area contributed by atoms with E-state index in [1.54, 1.807) is 0 Å². The molecule has 0 aromatic carbocycles. The van der Waals surface area contributed by atoms with E-state index in [0.717, 1.165) is 50.8 Å². The number of nitrogens with one attached hydrogen (secondary N) is 2. The van der Waals surface area contributed by atoms with E-state index in [2.05, 4.69) is 27.5 Å². The molecule has 1 fully saturated rings. The van der Waals surface area contributed by atoms with Crippen LogP contribution in [0.25, 0.3) is 0 Å². The maximum Gasteiger partial charge on any atom is 0.223 e. The van der Waals surface area contributed by atoms with Crippen molar-refractivity contribution in [3.63, 3.8) is 0 Å². The highest BCUT2D eigenvalue weighted by Crippen LogP contribution is 2.16. The van der Waals surface area contributed by atoms with Gasteiger partial charge < -0.3 is 21.1 Å². The summed E-state index contributed by atoms with van der Waals surface area (Å²) in [6, 6.07) is 1.89. The first-order chi connectivity index (χ1) is 8.78. The van der Waals surface area contributed by atoms with Crippen LogP contribution in [-0.2, 0) is 4.74 Å². The number of hydrogen-bond acceptors (Lipinski definition) is 6. The molecule has 0 spiro atoms. The first kappa shape index (κ1) is 12.9. The van der Waals surface area contributed by atoms with E-state index >= 15 is 0 Å². The van der Waals surface area contributed by atoms with E-state index in [9.17, 15) is 0 Å². The third-order valence-corrected chi connectivity index (χ3v) is 2.90. The summed E-state index contributed by atoms with van der Waals surface area (Å²) in [5.74, 6) is 2.40. The molecule has 1 aliphatic rings. The van der Waals surface area contributed by atoms with Crippen molar-refractivity contribution >= 4 is 17.6 Å². The SMILES string of the molecule is CCCNc1cc(NCC2CCOC2)nc(N)n1. The van der Waals surface area contributed by atoms with E-state index in [1.165, 1.54) is 0 Å². The molecule has 1 saturated heterocycles. The molecule has 18 heavy (non-hydrogen) atoms. The molecule has 2 heterocycles. The van der Waals surface area contributed by atoms with Gasteiger partial charge in [0.1, 0.15) is 11.6 Å². The highest BCUT2D eigenvalue weighted by Gasteiger charge is 2.15. The topological polar surface area (TPSA) is 85.1 Å². The molecule has 1 unspecified atom stereocenters. The molecule has 1 atom stereocenters. The summed E-state index contributed by atoms with van der Waals surface area (Å²) >= 11 is 0. The Morgan fingerprint density at radius 2 is 2.17 bits per heavy atom. The third kappa shape index (κ3) is 3.73. The van der Waals surface area contributed by atoms with Crippen molar-refractivity contribution in [2.75, 3.05) is 42.7 Å². The van der Waals surface area contributed by atoms with Crippen molar-refractivity contribution in [3.8, 4) is 0 Å². The van der Waals surface area contributed by atoms with Crippen molar-refractivity contribution in [2.45, 2.75) is 19.8 Å². The van der Waals surface area contributed by atoms with Crippen LogP contribution in [-0.4, -0.2) is 36.3 Å². The van der Waals surface area contributed by atoms with Gasteiger partial charge in [-0.15, -0.1) is 0 Å². The fourth-order valence-corrected chi connectivity index (χ4v) is 1.89. The Balaban J connectivity index is 1.91. The summed E-state index contributed by atoms with van der Waals surface area (Å²) in [5, 5.41) is 6.50. The van der Waals surface area contributed by atoms with E-state index < -0.39 is 0 Å². The van der Waals surface area contributed by atoms with Crippen LogP contribution in [0.1, 0.15) is 19.8 Å². The van der Waals surface area contributed by atoms with E-state index in [1.807, 2.05) is 6.07 Å². The van der Waals surface area contributed by atoms with Gasteiger partial charge in [-0.1, -0.05) is 6.92 Å². The van der Waals surface area contributed by atoms with Crippen LogP contribution in [0.3, 0.4) is 0 Å². The molecular weight excluding hydrogens is 230 g/mol. The summed E-state index contributed by atoms with van der Waals surface area (Å²) in [4.78, 5) is 8.32. The number of aromatic nitrogens is 2. The van der Waals surface area contributed by atoms with Crippen LogP contribution in [0.15, 0.2) is 6.07 Å². The van der Waals surface area contributed by atoms with Gasteiger partial charge in [0, 0.05) is 31.7 Å². The minimum absolute atomic E-state index is 0.293. The van der Waals surface area contributed by atoms with Crippen molar-refractivity contribution in [3.05, 3.63) is 6.07 Å². The zero-order chi connectivity index (χ0) is 12.8. The Kier molecular flexibility index (Phi) is 4.58. The van der Waals surface area contributed by atoms with Gasteiger partial charge in [0.05, 0.1) is 6.61 Å². The lowest BCUT2D eigenvalue weighted by molar-refractivity contribution is 0.187. The quantitative estimate of drug-likeness (QED) is 0.707. The third-order valence-electron chi connectivity index (χ3n) is 2.90. The molecule has 0 radical (unpaired) electrons. The first-order valence-electron chi connectivity index (χ1n) is 6.48. The molecule has 0 amide bonds. The highest BCUT2D eigenvalue weighted by atomic mass is 16.5. The largest absolute Gasteiger partial charge is 0.381 e. The lowest BCUT2D eigenvalue weighted by Gasteiger charge is -2.12. The van der Waals surface area contributed by atoms with Gasteiger partial charge in [-0.25, -0.2) is 0 Å². The van der Waals surface area contributed by atoms with E-state index in [-0.39, 0.29) is 0 Å². The van der Waals surface area contributed by atoms with Crippen molar-refractivity contribution in [2.24, 2.45) is 5.92 Å². The Bertz CT molecular complexity index is 379. The second kappa shape index (κ2) is 6.39. The van der Waals surface area contributed by atoms with Gasteiger partial charge in [0.25, 0.3) is 0 Å². The van der Waals surface area contributed by atoms with Crippen LogP contribution in [0.2, 0.25) is 0 Å². The summed E-state index contributed by atoms with van der Waals surface area (Å²) in [7, 11) is 0. The summed E-state index contributed by atoms with van der Waals surface area (Å²) in [5.41, 5.74) is 5.69. The highest BCUT2D eigenvalue weighted by molar-refractivity contribution is 5.50. The van der Waals surface area contributed by atoms with Crippen LogP contribution in [0.5, 0.6) is 0 Å². The molecule has 1 aromatic rings. The first-order valence-corrected chi connectivity index (χ1v) is 6.48. The summed E-state index contributed by atoms with van der Waals surface area (Å²) in [6.07, 6.45) is 2.15. The Labute approximate surface area is 107 Å². The molecule has 0 saturated carbocycles. The van der Waals surface area contributed by atoms with Crippen molar-refractivity contribution in [1.29, 1.82) is 0 Å². The molecule has 0 aliphatic carbocycles. The smallest absolute Gasteiger partial charge is 0.223 e. The molecule has 4 N–H and O–H groups in total. The lowest BCUT2D eigenvalue weighted by atomic mass is 10.1. The van der Waals surface area contributed by atoms with Crippen LogP contribution in [0.4, 0.5) is 17.6 Å². The molecule has 2 rings (SSSR count). The normalized spacial score (nSPS) is 18.8. The van der Waals surface area contributed by atoms with Crippen LogP contribution < -0.4 is 16.4 Å². The van der Waals surface area contributed by atoms with Crippen molar-refractivity contribution < 1.29 is 4.74 Å². The molecule has 0 bridgehead atoms. The van der Waals surface area contributed by atoms with E-state index in [0.29, 0.717) is 11.9 Å². The van der Waals surface area contributed by atoms with E-state index in [4.69, 9.17) is 10.5 Å². The number of rotatable bonds is 6. The summed E-state index contributed by atoms with van der Waals surface area (Å²) in [6.45, 7) is 5.54. The number of nitrogens with zero attached hydrogens (tertiary/aromatic N) is 2. The average molecular weight is 251 g/mol. The van der Waals surface area contributed by atoms with Gasteiger partial charge in [0.2, 0.25) is 5.95 Å². The Morgan fingerprint density at radius 1 is 1.39 bits per heavy atom. The number of nitrogens with two attached hydrogens (primary N) is 1. The minimum Gasteiger partial charge on any atom is -0.381 e. The molecular formula is C12H21N5O. The van der Waals surface area contributed by atoms with Gasteiger partial charge >= 0.3 is 0 Å². The molecule has 6 heteroatoms.